The van der Waals surface area contributed by atoms with E-state index in [1.807, 2.05) is 0 Å². The summed E-state index contributed by atoms with van der Waals surface area (Å²) in [6.45, 7) is 12.8. The fraction of sp³-hybridized carbons (Fsp3) is 0.613. The summed E-state index contributed by atoms with van der Waals surface area (Å²) < 4.78 is 7.37. The number of thioether (sulfide) groups is 1. The number of benzene rings is 2. The van der Waals surface area contributed by atoms with Crippen LogP contribution in [0.2, 0.25) is 5.04 Å². The van der Waals surface area contributed by atoms with E-state index in [0.717, 1.165) is 30.9 Å². The van der Waals surface area contributed by atoms with Crippen molar-refractivity contribution in [3.63, 3.8) is 0 Å². The SMILES string of the molecule is CC1(C)C2CC[C@@]1(CSC[C@@H]1C[C@@H](O[Si](c3ccccc3)(c3ccccc3)C(C)(C)C)CN1)C(O)C2. The molecule has 3 fully saturated rings. The van der Waals surface area contributed by atoms with Crippen LogP contribution in [0.1, 0.15) is 60.3 Å². The first-order valence-corrected chi connectivity index (χ1v) is 16.9. The highest BCUT2D eigenvalue weighted by atomic mass is 32.2. The Labute approximate surface area is 223 Å². The molecular formula is C31H45NO2SSi. The number of hydrogen-bond acceptors (Lipinski definition) is 4. The molecule has 2 aromatic rings. The van der Waals surface area contributed by atoms with E-state index in [2.05, 4.69) is 112 Å². The zero-order valence-electron chi connectivity index (χ0n) is 22.8. The Morgan fingerprint density at radius 1 is 1.00 bits per heavy atom. The number of aliphatic hydroxyl groups excluding tert-OH is 1. The summed E-state index contributed by atoms with van der Waals surface area (Å²) in [7, 11) is -2.52. The Kier molecular flexibility index (Phi) is 7.28. The lowest BCUT2D eigenvalue weighted by Crippen LogP contribution is -2.67. The highest BCUT2D eigenvalue weighted by molar-refractivity contribution is 7.99. The fourth-order valence-corrected chi connectivity index (χ4v) is 14.1. The Morgan fingerprint density at radius 3 is 2.11 bits per heavy atom. The molecule has 1 heterocycles. The summed E-state index contributed by atoms with van der Waals surface area (Å²) in [4.78, 5) is 0. The predicted molar refractivity (Wildman–Crippen MR) is 156 cm³/mol. The predicted octanol–water partition coefficient (Wildman–Crippen LogP) is 5.21. The summed E-state index contributed by atoms with van der Waals surface area (Å²) >= 11 is 2.06. The largest absolute Gasteiger partial charge is 0.403 e. The van der Waals surface area contributed by atoms with Crippen LogP contribution in [0.5, 0.6) is 0 Å². The lowest BCUT2D eigenvalue weighted by Gasteiger charge is -2.44. The van der Waals surface area contributed by atoms with E-state index in [4.69, 9.17) is 4.43 Å². The molecule has 0 aromatic heterocycles. The minimum Gasteiger partial charge on any atom is -0.403 e. The average Bonchev–Trinajstić information content (AvgIpc) is 3.45. The fourth-order valence-electron chi connectivity index (χ4n) is 7.70. The van der Waals surface area contributed by atoms with Gasteiger partial charge in [0.1, 0.15) is 0 Å². The Hall–Kier alpha value is -1.11. The topological polar surface area (TPSA) is 41.5 Å². The smallest absolute Gasteiger partial charge is 0.261 e. The van der Waals surface area contributed by atoms with Crippen molar-refractivity contribution in [3.05, 3.63) is 60.7 Å². The molecule has 2 N–H and O–H groups in total. The first-order chi connectivity index (χ1) is 17.1. The Balaban J connectivity index is 1.29. The molecule has 0 spiro atoms. The molecule has 2 aromatic carbocycles. The summed E-state index contributed by atoms with van der Waals surface area (Å²) in [6, 6.07) is 22.4. The third-order valence-electron chi connectivity index (χ3n) is 10.0. The van der Waals surface area contributed by atoms with Gasteiger partial charge in [-0.2, -0.15) is 11.8 Å². The van der Waals surface area contributed by atoms with Crippen LogP contribution >= 0.6 is 11.8 Å². The molecule has 5 heteroatoms. The summed E-state index contributed by atoms with van der Waals surface area (Å²) in [6.07, 6.45) is 4.63. The highest BCUT2D eigenvalue weighted by Gasteiger charge is 2.63. The molecule has 2 saturated carbocycles. The van der Waals surface area contributed by atoms with Crippen LogP contribution in [-0.4, -0.2) is 49.7 Å². The van der Waals surface area contributed by atoms with Crippen molar-refractivity contribution < 1.29 is 9.53 Å². The lowest BCUT2D eigenvalue weighted by molar-refractivity contribution is 0.0168. The van der Waals surface area contributed by atoms with Crippen molar-refractivity contribution in [1.29, 1.82) is 0 Å². The molecule has 1 saturated heterocycles. The van der Waals surface area contributed by atoms with Gasteiger partial charge in [0.2, 0.25) is 0 Å². The van der Waals surface area contributed by atoms with Crippen LogP contribution in [0.3, 0.4) is 0 Å². The van der Waals surface area contributed by atoms with Gasteiger partial charge >= 0.3 is 0 Å². The van der Waals surface area contributed by atoms with Crippen LogP contribution in [0, 0.1) is 16.7 Å². The monoisotopic (exact) mass is 523 g/mol. The third-order valence-corrected chi connectivity index (χ3v) is 16.5. The molecule has 5 rings (SSSR count). The van der Waals surface area contributed by atoms with E-state index in [-0.39, 0.29) is 28.1 Å². The zero-order valence-corrected chi connectivity index (χ0v) is 24.6. The summed E-state index contributed by atoms with van der Waals surface area (Å²) in [5, 5.41) is 17.4. The van der Waals surface area contributed by atoms with Gasteiger partial charge in [0, 0.05) is 29.5 Å². The molecule has 3 aliphatic rings. The van der Waals surface area contributed by atoms with E-state index in [1.165, 1.54) is 23.2 Å². The van der Waals surface area contributed by atoms with Crippen molar-refractivity contribution in [2.75, 3.05) is 18.1 Å². The summed E-state index contributed by atoms with van der Waals surface area (Å²) in [5.74, 6) is 2.87. The maximum atomic E-state index is 10.9. The van der Waals surface area contributed by atoms with Crippen LogP contribution in [0.25, 0.3) is 0 Å². The van der Waals surface area contributed by atoms with Crippen molar-refractivity contribution in [1.82, 2.24) is 5.32 Å². The number of fused-ring (bicyclic) bond motifs is 2. The van der Waals surface area contributed by atoms with E-state index < -0.39 is 8.32 Å². The van der Waals surface area contributed by atoms with Crippen LogP contribution in [0.15, 0.2) is 60.7 Å². The second-order valence-corrected chi connectivity index (χ2v) is 18.4. The van der Waals surface area contributed by atoms with Crippen LogP contribution < -0.4 is 15.7 Å². The minimum atomic E-state index is -2.52. The maximum absolute atomic E-state index is 10.9. The van der Waals surface area contributed by atoms with Crippen LogP contribution in [0.4, 0.5) is 0 Å². The van der Waals surface area contributed by atoms with E-state index in [0.29, 0.717) is 12.0 Å². The van der Waals surface area contributed by atoms with Gasteiger partial charge in [-0.25, -0.2) is 0 Å². The van der Waals surface area contributed by atoms with Gasteiger partial charge in [-0.3, -0.25) is 0 Å². The van der Waals surface area contributed by atoms with Gasteiger partial charge in [0.15, 0.2) is 0 Å². The van der Waals surface area contributed by atoms with E-state index in [9.17, 15) is 5.11 Å². The van der Waals surface area contributed by atoms with Crippen molar-refractivity contribution in [3.8, 4) is 0 Å². The molecule has 36 heavy (non-hydrogen) atoms. The summed E-state index contributed by atoms with van der Waals surface area (Å²) in [5.41, 5.74) is 0.364. The minimum absolute atomic E-state index is 0.00487. The number of nitrogens with one attached hydrogen (secondary N) is 1. The molecule has 2 unspecified atom stereocenters. The average molecular weight is 524 g/mol. The number of aliphatic hydroxyl groups is 1. The normalized spacial score (nSPS) is 31.7. The molecule has 3 nitrogen and oxygen atoms in total. The van der Waals surface area contributed by atoms with Gasteiger partial charge < -0.3 is 14.8 Å². The number of rotatable bonds is 8. The van der Waals surface area contributed by atoms with Crippen molar-refractivity contribution >= 4 is 30.5 Å². The van der Waals surface area contributed by atoms with E-state index in [1.54, 1.807) is 0 Å². The van der Waals surface area contributed by atoms with Crippen molar-refractivity contribution in [2.24, 2.45) is 16.7 Å². The first kappa shape index (κ1) is 26.5. The third kappa shape index (κ3) is 4.33. The molecule has 0 radical (unpaired) electrons. The van der Waals surface area contributed by atoms with Gasteiger partial charge in [-0.05, 0) is 52.4 Å². The van der Waals surface area contributed by atoms with Gasteiger partial charge in [0.25, 0.3) is 8.32 Å². The maximum Gasteiger partial charge on any atom is 0.261 e. The van der Waals surface area contributed by atoms with Gasteiger partial charge in [-0.15, -0.1) is 0 Å². The van der Waals surface area contributed by atoms with Crippen molar-refractivity contribution in [2.45, 2.75) is 83.6 Å². The highest BCUT2D eigenvalue weighted by Crippen LogP contribution is 2.66. The van der Waals surface area contributed by atoms with E-state index >= 15 is 0 Å². The van der Waals surface area contributed by atoms with Crippen LogP contribution in [-0.2, 0) is 4.43 Å². The quantitative estimate of drug-likeness (QED) is 0.466. The number of hydrogen-bond donors (Lipinski definition) is 2. The lowest BCUT2D eigenvalue weighted by atomic mass is 9.70. The molecule has 196 valence electrons. The molecule has 1 aliphatic heterocycles. The second kappa shape index (κ2) is 9.89. The first-order valence-electron chi connectivity index (χ1n) is 13.9. The molecule has 2 aliphatic carbocycles. The van der Waals surface area contributed by atoms with Gasteiger partial charge in [-0.1, -0.05) is 95.3 Å². The Morgan fingerprint density at radius 2 is 1.61 bits per heavy atom. The molecule has 5 atom stereocenters. The standard InChI is InChI=1S/C31H45NO2SSi/c1-29(2,3)36(26-12-8-6-9-13-26,27-14-10-7-11-15-27)34-25-19-24(32-20-25)21-35-22-31-17-16-23(18-28(31)33)30(31,4)5/h6-15,23-25,28,32-33H,16-22H2,1-5H3/t23?,24-,25+,28?,31+/m0/s1. The molecule has 2 bridgehead atoms. The molecular weight excluding hydrogens is 478 g/mol. The molecule has 0 amide bonds. The van der Waals surface area contributed by atoms with Gasteiger partial charge in [0.05, 0.1) is 12.2 Å². The zero-order chi connectivity index (χ0) is 25.6. The second-order valence-electron chi connectivity index (χ2n) is 13.1. The Bertz CT molecular complexity index is 984.